The molecular weight excluding hydrogens is 384 g/mol. The van der Waals surface area contributed by atoms with Crippen LogP contribution >= 0.6 is 0 Å². The Bertz CT molecular complexity index is 720. The lowest BCUT2D eigenvalue weighted by molar-refractivity contribution is -0.155. The highest BCUT2D eigenvalue weighted by Crippen LogP contribution is 2.22. The number of likely N-dealkylation sites (tertiary alicyclic amines) is 1. The molecule has 2 amide bonds. The number of hydrogen-bond donors (Lipinski definition) is 2. The molecule has 7 heteroatoms. The molecular formula is C23H34N2O5. The van der Waals surface area contributed by atoms with Gasteiger partial charge in [-0.05, 0) is 36.7 Å². The van der Waals surface area contributed by atoms with Gasteiger partial charge in [-0.2, -0.15) is 0 Å². The molecule has 1 aliphatic rings. The van der Waals surface area contributed by atoms with E-state index in [0.717, 1.165) is 5.56 Å². The second-order valence-corrected chi connectivity index (χ2v) is 8.66. The fraction of sp³-hybridized carbons (Fsp3) is 0.609. The van der Waals surface area contributed by atoms with Crippen LogP contribution in [0, 0.1) is 11.8 Å². The lowest BCUT2D eigenvalue weighted by Crippen LogP contribution is -2.54. The van der Waals surface area contributed by atoms with Crippen molar-refractivity contribution in [1.82, 2.24) is 10.2 Å². The summed E-state index contributed by atoms with van der Waals surface area (Å²) in [5.41, 5.74) is 0.884. The summed E-state index contributed by atoms with van der Waals surface area (Å²) in [6, 6.07) is 7.95. The van der Waals surface area contributed by atoms with Crippen molar-refractivity contribution in [2.75, 3.05) is 6.54 Å². The van der Waals surface area contributed by atoms with Gasteiger partial charge in [-0.3, -0.25) is 9.59 Å². The highest BCUT2D eigenvalue weighted by atomic mass is 16.5. The topological polar surface area (TPSA) is 95.9 Å². The van der Waals surface area contributed by atoms with Gasteiger partial charge < -0.3 is 20.1 Å². The summed E-state index contributed by atoms with van der Waals surface area (Å²) in [5.74, 6) is -1.39. The Morgan fingerprint density at radius 2 is 1.83 bits per heavy atom. The SMILES string of the molecule is CC(C)C[C@H](NC(=O)[C@@H](O)C(C)C)C(=O)N1CCC[C@H]1C(=O)OCc1ccccc1. The van der Waals surface area contributed by atoms with E-state index in [1.54, 1.807) is 13.8 Å². The molecule has 1 fully saturated rings. The highest BCUT2D eigenvalue weighted by Gasteiger charge is 2.39. The molecule has 0 spiro atoms. The molecule has 166 valence electrons. The molecule has 0 aliphatic carbocycles. The Balaban J connectivity index is 2.05. The van der Waals surface area contributed by atoms with Crippen LogP contribution in [0.1, 0.15) is 52.5 Å². The Labute approximate surface area is 178 Å². The second-order valence-electron chi connectivity index (χ2n) is 8.66. The first-order valence-electron chi connectivity index (χ1n) is 10.7. The first-order chi connectivity index (χ1) is 14.2. The summed E-state index contributed by atoms with van der Waals surface area (Å²) in [6.45, 7) is 8.00. The van der Waals surface area contributed by atoms with Crippen molar-refractivity contribution < 1.29 is 24.2 Å². The van der Waals surface area contributed by atoms with Gasteiger partial charge in [0.1, 0.15) is 24.8 Å². The van der Waals surface area contributed by atoms with Gasteiger partial charge >= 0.3 is 5.97 Å². The van der Waals surface area contributed by atoms with E-state index in [9.17, 15) is 19.5 Å². The van der Waals surface area contributed by atoms with Gasteiger partial charge in [0.2, 0.25) is 11.8 Å². The molecule has 3 atom stereocenters. The number of benzene rings is 1. The molecule has 1 saturated heterocycles. The molecule has 1 heterocycles. The number of ether oxygens (including phenoxy) is 1. The van der Waals surface area contributed by atoms with Crippen molar-refractivity contribution in [2.24, 2.45) is 11.8 Å². The Hall–Kier alpha value is -2.41. The third-order valence-electron chi connectivity index (χ3n) is 5.25. The maximum atomic E-state index is 13.2. The molecule has 2 rings (SSSR count). The Morgan fingerprint density at radius 3 is 2.43 bits per heavy atom. The molecule has 0 aromatic heterocycles. The fourth-order valence-corrected chi connectivity index (χ4v) is 3.55. The summed E-state index contributed by atoms with van der Waals surface area (Å²) in [6.07, 6.45) is 0.486. The predicted molar refractivity (Wildman–Crippen MR) is 113 cm³/mol. The minimum atomic E-state index is -1.18. The largest absolute Gasteiger partial charge is 0.459 e. The van der Waals surface area contributed by atoms with Gasteiger partial charge in [-0.15, -0.1) is 0 Å². The number of aliphatic hydroxyl groups excluding tert-OH is 1. The van der Waals surface area contributed by atoms with Crippen LogP contribution in [0.5, 0.6) is 0 Å². The molecule has 30 heavy (non-hydrogen) atoms. The molecule has 1 aliphatic heterocycles. The molecule has 0 saturated carbocycles. The van der Waals surface area contributed by atoms with Gasteiger partial charge in [-0.25, -0.2) is 4.79 Å². The van der Waals surface area contributed by atoms with Crippen molar-refractivity contribution in [3.63, 3.8) is 0 Å². The van der Waals surface area contributed by atoms with Crippen molar-refractivity contribution in [2.45, 2.75) is 71.8 Å². The standard InChI is InChI=1S/C23H34N2O5/c1-15(2)13-18(24-21(27)20(26)16(3)4)22(28)25-12-8-11-19(25)23(29)30-14-17-9-6-5-7-10-17/h5-7,9-10,15-16,18-20,26H,8,11-14H2,1-4H3,(H,24,27)/t18-,19-,20-/m0/s1. The monoisotopic (exact) mass is 418 g/mol. The number of carbonyl (C=O) groups is 3. The smallest absolute Gasteiger partial charge is 0.329 e. The van der Waals surface area contributed by atoms with Crippen LogP contribution in [0.3, 0.4) is 0 Å². The zero-order valence-corrected chi connectivity index (χ0v) is 18.3. The first-order valence-corrected chi connectivity index (χ1v) is 10.7. The van der Waals surface area contributed by atoms with Gasteiger partial charge in [0.15, 0.2) is 0 Å². The van der Waals surface area contributed by atoms with Crippen LogP contribution < -0.4 is 5.32 Å². The number of rotatable bonds is 9. The number of nitrogens with one attached hydrogen (secondary N) is 1. The zero-order chi connectivity index (χ0) is 22.3. The summed E-state index contributed by atoms with van der Waals surface area (Å²) in [4.78, 5) is 39.7. The molecule has 1 aromatic carbocycles. The van der Waals surface area contributed by atoms with Crippen LogP contribution in [0.2, 0.25) is 0 Å². The lowest BCUT2D eigenvalue weighted by Gasteiger charge is -2.30. The third kappa shape index (κ3) is 6.55. The van der Waals surface area contributed by atoms with E-state index in [1.165, 1.54) is 4.90 Å². The van der Waals surface area contributed by atoms with Crippen molar-refractivity contribution in [3.05, 3.63) is 35.9 Å². The van der Waals surface area contributed by atoms with Crippen LogP contribution in [0.25, 0.3) is 0 Å². The number of esters is 1. The van der Waals surface area contributed by atoms with Crippen LogP contribution in [-0.4, -0.2) is 52.5 Å². The van der Waals surface area contributed by atoms with E-state index in [1.807, 2.05) is 44.2 Å². The van der Waals surface area contributed by atoms with Gasteiger partial charge in [0, 0.05) is 6.54 Å². The Morgan fingerprint density at radius 1 is 1.17 bits per heavy atom. The van der Waals surface area contributed by atoms with Crippen LogP contribution in [0.15, 0.2) is 30.3 Å². The molecule has 0 unspecified atom stereocenters. The zero-order valence-electron chi connectivity index (χ0n) is 18.3. The van der Waals surface area contributed by atoms with E-state index in [0.29, 0.717) is 25.8 Å². The van der Waals surface area contributed by atoms with Crippen molar-refractivity contribution in [1.29, 1.82) is 0 Å². The number of nitrogens with zero attached hydrogens (tertiary/aromatic N) is 1. The van der Waals surface area contributed by atoms with Gasteiger partial charge in [-0.1, -0.05) is 58.0 Å². The number of aliphatic hydroxyl groups is 1. The van der Waals surface area contributed by atoms with Gasteiger partial charge in [0.05, 0.1) is 0 Å². The summed E-state index contributed by atoms with van der Waals surface area (Å²) in [7, 11) is 0. The van der Waals surface area contributed by atoms with E-state index >= 15 is 0 Å². The molecule has 2 N–H and O–H groups in total. The summed E-state index contributed by atoms with van der Waals surface area (Å²) < 4.78 is 5.44. The predicted octanol–water partition coefficient (Wildman–Crippen LogP) is 2.27. The molecule has 7 nitrogen and oxygen atoms in total. The summed E-state index contributed by atoms with van der Waals surface area (Å²) in [5, 5.41) is 12.7. The molecule has 1 aromatic rings. The Kier molecular flexibility index (Phi) is 8.84. The average molecular weight is 419 g/mol. The van der Waals surface area contributed by atoms with E-state index in [2.05, 4.69) is 5.32 Å². The minimum absolute atomic E-state index is 0.154. The quantitative estimate of drug-likeness (QED) is 0.600. The van der Waals surface area contributed by atoms with E-state index < -0.39 is 30.1 Å². The maximum Gasteiger partial charge on any atom is 0.329 e. The van der Waals surface area contributed by atoms with Gasteiger partial charge in [0.25, 0.3) is 0 Å². The van der Waals surface area contributed by atoms with Crippen LogP contribution in [0.4, 0.5) is 0 Å². The number of hydrogen-bond acceptors (Lipinski definition) is 5. The first kappa shape index (κ1) is 23.9. The van der Waals surface area contributed by atoms with Crippen molar-refractivity contribution in [3.8, 4) is 0 Å². The normalized spacial score (nSPS) is 18.4. The highest BCUT2D eigenvalue weighted by molar-refractivity contribution is 5.92. The lowest BCUT2D eigenvalue weighted by atomic mass is 10.0. The third-order valence-corrected chi connectivity index (χ3v) is 5.25. The minimum Gasteiger partial charge on any atom is -0.459 e. The van der Waals surface area contributed by atoms with E-state index in [4.69, 9.17) is 4.74 Å². The fourth-order valence-electron chi connectivity index (χ4n) is 3.55. The van der Waals surface area contributed by atoms with Crippen LogP contribution in [-0.2, 0) is 25.7 Å². The molecule has 0 bridgehead atoms. The second kappa shape index (κ2) is 11.1. The maximum absolute atomic E-state index is 13.2. The molecule has 0 radical (unpaired) electrons. The summed E-state index contributed by atoms with van der Waals surface area (Å²) >= 11 is 0. The van der Waals surface area contributed by atoms with Crippen molar-refractivity contribution >= 4 is 17.8 Å². The average Bonchev–Trinajstić information content (AvgIpc) is 3.20. The van der Waals surface area contributed by atoms with E-state index in [-0.39, 0.29) is 24.3 Å². The number of carbonyl (C=O) groups excluding carboxylic acids is 3. The number of amides is 2.